The summed E-state index contributed by atoms with van der Waals surface area (Å²) >= 11 is 0. The van der Waals surface area contributed by atoms with E-state index in [9.17, 15) is 4.79 Å². The summed E-state index contributed by atoms with van der Waals surface area (Å²) in [5.74, 6) is 1.39. The zero-order chi connectivity index (χ0) is 12.0. The van der Waals surface area contributed by atoms with Crippen molar-refractivity contribution >= 4 is 5.97 Å². The van der Waals surface area contributed by atoms with Gasteiger partial charge in [0.2, 0.25) is 0 Å². The average molecular weight is 234 g/mol. The molecule has 0 bridgehead atoms. The molecule has 0 N–H and O–H groups in total. The van der Waals surface area contributed by atoms with Crippen LogP contribution in [0.3, 0.4) is 0 Å². The topological polar surface area (TPSA) is 35.5 Å². The van der Waals surface area contributed by atoms with E-state index in [1.54, 1.807) is 0 Å². The molecule has 1 saturated carbocycles. The number of rotatable bonds is 0. The Morgan fingerprint density at radius 2 is 2.12 bits per heavy atom. The first-order valence-corrected chi connectivity index (χ1v) is 6.41. The fraction of sp³-hybridized carbons (Fsp3) is 0.643. The largest absolute Gasteiger partial charge is 0.459 e. The van der Waals surface area contributed by atoms with Gasteiger partial charge >= 0.3 is 5.97 Å². The van der Waals surface area contributed by atoms with E-state index in [2.05, 4.69) is 6.08 Å². The zero-order valence-corrected chi connectivity index (χ0v) is 10.3. The first-order valence-electron chi connectivity index (χ1n) is 6.41. The standard InChI is InChI=1S/C14H18O3/c1-8-6-7-10-4-3-5-11-9(2)13(15)17-14(16-8)12(10)11/h6-7,9,11-12,14H,3-5H2,1-2H3/t9?,11?,12?,14-/m0/s1. The normalized spacial score (nSPS) is 40.2. The molecular weight excluding hydrogens is 216 g/mol. The number of allylic oxidation sites excluding steroid dienone is 3. The van der Waals surface area contributed by atoms with Gasteiger partial charge < -0.3 is 9.47 Å². The number of esters is 1. The van der Waals surface area contributed by atoms with Crippen molar-refractivity contribution in [3.63, 3.8) is 0 Å². The smallest absolute Gasteiger partial charge is 0.312 e. The van der Waals surface area contributed by atoms with E-state index in [-0.39, 0.29) is 17.8 Å². The second kappa shape index (κ2) is 3.90. The molecule has 0 spiro atoms. The van der Waals surface area contributed by atoms with Crippen LogP contribution in [0, 0.1) is 17.8 Å². The number of ether oxygens (including phenoxy) is 2. The summed E-state index contributed by atoms with van der Waals surface area (Å²) < 4.78 is 11.2. The van der Waals surface area contributed by atoms with E-state index in [1.165, 1.54) is 12.0 Å². The van der Waals surface area contributed by atoms with Crippen LogP contribution in [0.1, 0.15) is 33.1 Å². The highest BCUT2D eigenvalue weighted by molar-refractivity contribution is 5.73. The molecule has 2 heterocycles. The summed E-state index contributed by atoms with van der Waals surface area (Å²) in [6.45, 7) is 3.90. The molecule has 1 aliphatic carbocycles. The molecule has 92 valence electrons. The summed E-state index contributed by atoms with van der Waals surface area (Å²) in [4.78, 5) is 11.8. The Labute approximate surface area is 101 Å². The summed E-state index contributed by atoms with van der Waals surface area (Å²) in [5.41, 5.74) is 1.39. The molecule has 17 heavy (non-hydrogen) atoms. The minimum absolute atomic E-state index is 0.00181. The van der Waals surface area contributed by atoms with Crippen molar-refractivity contribution in [1.82, 2.24) is 0 Å². The van der Waals surface area contributed by atoms with Gasteiger partial charge in [0.15, 0.2) is 0 Å². The summed E-state index contributed by atoms with van der Waals surface area (Å²) in [6.07, 6.45) is 7.15. The highest BCUT2D eigenvalue weighted by Crippen LogP contribution is 2.46. The van der Waals surface area contributed by atoms with Gasteiger partial charge in [0.25, 0.3) is 6.29 Å². The van der Waals surface area contributed by atoms with Crippen molar-refractivity contribution in [2.45, 2.75) is 39.4 Å². The third-order valence-electron chi connectivity index (χ3n) is 4.27. The van der Waals surface area contributed by atoms with Crippen molar-refractivity contribution in [1.29, 1.82) is 0 Å². The third kappa shape index (κ3) is 1.68. The van der Waals surface area contributed by atoms with Gasteiger partial charge in [-0.05, 0) is 38.2 Å². The molecular formula is C14H18O3. The lowest BCUT2D eigenvalue weighted by Gasteiger charge is -2.43. The summed E-state index contributed by atoms with van der Waals surface area (Å²) in [6, 6.07) is 0. The monoisotopic (exact) mass is 234 g/mol. The van der Waals surface area contributed by atoms with Crippen molar-refractivity contribution in [2.24, 2.45) is 17.8 Å². The predicted molar refractivity (Wildman–Crippen MR) is 62.8 cm³/mol. The van der Waals surface area contributed by atoms with Gasteiger partial charge in [0, 0.05) is 0 Å². The third-order valence-corrected chi connectivity index (χ3v) is 4.27. The molecule has 3 heteroatoms. The van der Waals surface area contributed by atoms with Crippen LogP contribution in [0.2, 0.25) is 0 Å². The first kappa shape index (κ1) is 10.9. The summed E-state index contributed by atoms with van der Waals surface area (Å²) in [5, 5.41) is 0. The molecule has 0 radical (unpaired) electrons. The Bertz CT molecular complexity index is 408. The number of carbonyl (C=O) groups excluding carboxylic acids is 1. The van der Waals surface area contributed by atoms with Gasteiger partial charge in [-0.15, -0.1) is 0 Å². The Morgan fingerprint density at radius 1 is 1.29 bits per heavy atom. The van der Waals surface area contributed by atoms with Gasteiger partial charge in [0.1, 0.15) is 0 Å². The van der Waals surface area contributed by atoms with Crippen molar-refractivity contribution in [2.75, 3.05) is 0 Å². The Kier molecular flexibility index (Phi) is 2.49. The molecule has 3 rings (SSSR count). The number of hydrogen-bond acceptors (Lipinski definition) is 3. The molecule has 1 saturated heterocycles. The zero-order valence-electron chi connectivity index (χ0n) is 10.3. The van der Waals surface area contributed by atoms with Crippen LogP contribution in [0.5, 0.6) is 0 Å². The number of carbonyl (C=O) groups is 1. The fourth-order valence-electron chi connectivity index (χ4n) is 3.31. The van der Waals surface area contributed by atoms with Crippen LogP contribution >= 0.6 is 0 Å². The minimum atomic E-state index is -0.394. The molecule has 3 nitrogen and oxygen atoms in total. The summed E-state index contributed by atoms with van der Waals surface area (Å²) in [7, 11) is 0. The van der Waals surface area contributed by atoms with Crippen LogP contribution in [-0.2, 0) is 14.3 Å². The maximum Gasteiger partial charge on any atom is 0.312 e. The molecule has 2 fully saturated rings. The second-order valence-corrected chi connectivity index (χ2v) is 5.31. The van der Waals surface area contributed by atoms with Crippen LogP contribution in [0.4, 0.5) is 0 Å². The van der Waals surface area contributed by atoms with Crippen LogP contribution in [0.15, 0.2) is 23.5 Å². The van der Waals surface area contributed by atoms with E-state index in [0.717, 1.165) is 18.6 Å². The van der Waals surface area contributed by atoms with E-state index in [0.29, 0.717) is 5.92 Å². The van der Waals surface area contributed by atoms with Gasteiger partial charge in [-0.25, -0.2) is 0 Å². The van der Waals surface area contributed by atoms with Gasteiger partial charge in [-0.1, -0.05) is 18.6 Å². The molecule has 3 unspecified atom stereocenters. The SMILES string of the molecule is CC1=CC=C2CCCC3C(C)C(=O)O[C@H](O1)C23. The van der Waals surface area contributed by atoms with E-state index < -0.39 is 6.29 Å². The molecule has 0 aromatic heterocycles. The van der Waals surface area contributed by atoms with Crippen molar-refractivity contribution in [3.8, 4) is 0 Å². The lowest BCUT2D eigenvalue weighted by Crippen LogP contribution is -2.47. The molecule has 4 atom stereocenters. The van der Waals surface area contributed by atoms with E-state index >= 15 is 0 Å². The van der Waals surface area contributed by atoms with Crippen molar-refractivity contribution in [3.05, 3.63) is 23.5 Å². The van der Waals surface area contributed by atoms with Crippen LogP contribution in [0.25, 0.3) is 0 Å². The molecule has 0 amide bonds. The van der Waals surface area contributed by atoms with E-state index in [1.807, 2.05) is 19.9 Å². The van der Waals surface area contributed by atoms with Crippen LogP contribution in [-0.4, -0.2) is 12.3 Å². The second-order valence-electron chi connectivity index (χ2n) is 5.31. The predicted octanol–water partition coefficient (Wildman–Crippen LogP) is 2.78. The van der Waals surface area contributed by atoms with Crippen LogP contribution < -0.4 is 0 Å². The number of hydrogen-bond donors (Lipinski definition) is 0. The van der Waals surface area contributed by atoms with E-state index in [4.69, 9.17) is 9.47 Å². The minimum Gasteiger partial charge on any atom is -0.459 e. The Morgan fingerprint density at radius 3 is 2.94 bits per heavy atom. The quantitative estimate of drug-likeness (QED) is 0.605. The maximum atomic E-state index is 11.8. The van der Waals surface area contributed by atoms with Gasteiger partial charge in [0.05, 0.1) is 17.6 Å². The molecule has 0 aromatic rings. The maximum absolute atomic E-state index is 11.8. The highest BCUT2D eigenvalue weighted by Gasteiger charge is 2.48. The Balaban J connectivity index is 1.99. The lowest BCUT2D eigenvalue weighted by molar-refractivity contribution is -0.208. The average Bonchev–Trinajstić information content (AvgIpc) is 2.47. The molecule has 2 aliphatic heterocycles. The first-order chi connectivity index (χ1) is 8.16. The van der Waals surface area contributed by atoms with Gasteiger partial charge in [-0.2, -0.15) is 0 Å². The molecule has 0 aromatic carbocycles. The lowest BCUT2D eigenvalue weighted by atomic mass is 9.68. The Hall–Kier alpha value is -1.25. The molecule has 3 aliphatic rings. The van der Waals surface area contributed by atoms with Gasteiger partial charge in [-0.3, -0.25) is 4.79 Å². The highest BCUT2D eigenvalue weighted by atomic mass is 16.7. The fourth-order valence-corrected chi connectivity index (χ4v) is 3.31. The van der Waals surface area contributed by atoms with Crippen molar-refractivity contribution < 1.29 is 14.3 Å².